The van der Waals surface area contributed by atoms with Gasteiger partial charge in [0, 0.05) is 44.0 Å². The van der Waals surface area contributed by atoms with Crippen LogP contribution in [0.2, 0.25) is 0 Å². The number of rotatable bonds is 6. The zero-order chi connectivity index (χ0) is 21.9. The molecule has 1 atom stereocenters. The Morgan fingerprint density at radius 3 is 2.40 bits per heavy atom. The van der Waals surface area contributed by atoms with Gasteiger partial charge in [-0.1, -0.05) is 30.3 Å². The molecule has 2 aromatic carbocycles. The SMILES string of the molecule is CC(=O)NC(Cc1c[nH]c2ccccc12)C(=O)N(C)Cc1ccc(C(F)(F)F)cc1. The quantitative estimate of drug-likeness (QED) is 0.639. The van der Waals surface area contributed by atoms with E-state index in [1.165, 1.54) is 24.0 Å². The Hall–Kier alpha value is -3.29. The summed E-state index contributed by atoms with van der Waals surface area (Å²) in [5.41, 5.74) is 1.64. The number of aromatic nitrogens is 1. The van der Waals surface area contributed by atoms with Crippen molar-refractivity contribution in [1.29, 1.82) is 0 Å². The molecule has 3 aromatic rings. The first-order valence-corrected chi connectivity index (χ1v) is 9.38. The maximum atomic E-state index is 13.0. The molecule has 1 unspecified atom stereocenters. The van der Waals surface area contributed by atoms with Crippen LogP contribution in [0.4, 0.5) is 13.2 Å². The smallest absolute Gasteiger partial charge is 0.361 e. The zero-order valence-electron chi connectivity index (χ0n) is 16.6. The molecule has 0 aliphatic carbocycles. The second-order valence-corrected chi connectivity index (χ2v) is 7.21. The van der Waals surface area contributed by atoms with Crippen molar-refractivity contribution in [1.82, 2.24) is 15.2 Å². The molecule has 0 aliphatic heterocycles. The van der Waals surface area contributed by atoms with E-state index in [1.807, 2.05) is 30.5 Å². The molecule has 5 nitrogen and oxygen atoms in total. The number of hydrogen-bond donors (Lipinski definition) is 2. The first kappa shape index (κ1) is 21.4. The Labute approximate surface area is 171 Å². The third-order valence-corrected chi connectivity index (χ3v) is 4.85. The van der Waals surface area contributed by atoms with Gasteiger partial charge in [0.25, 0.3) is 0 Å². The van der Waals surface area contributed by atoms with Crippen LogP contribution in [-0.2, 0) is 28.7 Å². The van der Waals surface area contributed by atoms with E-state index in [0.717, 1.165) is 28.6 Å². The Morgan fingerprint density at radius 2 is 1.77 bits per heavy atom. The molecular formula is C22H22F3N3O2. The highest BCUT2D eigenvalue weighted by molar-refractivity contribution is 5.89. The number of alkyl halides is 3. The van der Waals surface area contributed by atoms with Gasteiger partial charge in [-0.25, -0.2) is 0 Å². The lowest BCUT2D eigenvalue weighted by Crippen LogP contribution is -2.47. The molecule has 158 valence electrons. The van der Waals surface area contributed by atoms with Gasteiger partial charge in [-0.2, -0.15) is 13.2 Å². The predicted molar refractivity (Wildman–Crippen MR) is 108 cm³/mol. The number of nitrogens with one attached hydrogen (secondary N) is 2. The summed E-state index contributed by atoms with van der Waals surface area (Å²) in [6, 6.07) is 11.5. The number of likely N-dealkylation sites (N-methyl/N-ethyl adjacent to an activating group) is 1. The van der Waals surface area contributed by atoms with Crippen molar-refractivity contribution < 1.29 is 22.8 Å². The van der Waals surface area contributed by atoms with Gasteiger partial charge in [0.05, 0.1) is 5.56 Å². The second kappa shape index (κ2) is 8.61. The Bertz CT molecular complexity index is 1040. The Kier molecular flexibility index (Phi) is 6.14. The van der Waals surface area contributed by atoms with Crippen LogP contribution < -0.4 is 5.32 Å². The minimum Gasteiger partial charge on any atom is -0.361 e. The largest absolute Gasteiger partial charge is 0.416 e. The van der Waals surface area contributed by atoms with Crippen molar-refractivity contribution in [3.63, 3.8) is 0 Å². The van der Waals surface area contributed by atoms with Crippen molar-refractivity contribution >= 4 is 22.7 Å². The summed E-state index contributed by atoms with van der Waals surface area (Å²) >= 11 is 0. The minimum atomic E-state index is -4.41. The van der Waals surface area contributed by atoms with Gasteiger partial charge in [-0.05, 0) is 29.3 Å². The first-order chi connectivity index (χ1) is 14.1. The van der Waals surface area contributed by atoms with Gasteiger partial charge in [0.15, 0.2) is 0 Å². The van der Waals surface area contributed by atoms with Crippen LogP contribution in [0.15, 0.2) is 54.7 Å². The summed E-state index contributed by atoms with van der Waals surface area (Å²) in [5, 5.41) is 3.65. The van der Waals surface area contributed by atoms with Crippen LogP contribution in [0.3, 0.4) is 0 Å². The van der Waals surface area contributed by atoms with Crippen molar-refractivity contribution in [3.8, 4) is 0 Å². The molecule has 8 heteroatoms. The van der Waals surface area contributed by atoms with Crippen LogP contribution in [0.5, 0.6) is 0 Å². The molecule has 2 N–H and O–H groups in total. The van der Waals surface area contributed by atoms with E-state index >= 15 is 0 Å². The van der Waals surface area contributed by atoms with Crippen LogP contribution in [0.1, 0.15) is 23.6 Å². The molecule has 0 aliphatic rings. The van der Waals surface area contributed by atoms with E-state index in [2.05, 4.69) is 10.3 Å². The number of fused-ring (bicyclic) bond motifs is 1. The van der Waals surface area contributed by atoms with E-state index in [0.29, 0.717) is 12.0 Å². The van der Waals surface area contributed by atoms with Gasteiger partial charge in [0.1, 0.15) is 6.04 Å². The number of halogens is 3. The molecule has 0 spiro atoms. The van der Waals surface area contributed by atoms with Gasteiger partial charge >= 0.3 is 6.18 Å². The van der Waals surface area contributed by atoms with Crippen molar-refractivity contribution in [3.05, 3.63) is 71.4 Å². The van der Waals surface area contributed by atoms with E-state index in [4.69, 9.17) is 0 Å². The highest BCUT2D eigenvalue weighted by atomic mass is 19.4. The summed E-state index contributed by atoms with van der Waals surface area (Å²) < 4.78 is 38.2. The topological polar surface area (TPSA) is 65.2 Å². The summed E-state index contributed by atoms with van der Waals surface area (Å²) in [7, 11) is 1.56. The standard InChI is InChI=1S/C22H22F3N3O2/c1-14(29)27-20(11-16-12-26-19-6-4-3-5-18(16)19)21(30)28(2)13-15-7-9-17(10-8-15)22(23,24)25/h3-10,12,20,26H,11,13H2,1-2H3,(H,27,29). The average molecular weight is 417 g/mol. The fraction of sp³-hybridized carbons (Fsp3) is 0.273. The van der Waals surface area contributed by atoms with Crippen LogP contribution in [0, 0.1) is 0 Å². The summed E-state index contributed by atoms with van der Waals surface area (Å²) in [6.07, 6.45) is -2.31. The lowest BCUT2D eigenvalue weighted by molar-refractivity contribution is -0.137. The molecule has 2 amide bonds. The van der Waals surface area contributed by atoms with Crippen molar-refractivity contribution in [2.24, 2.45) is 0 Å². The van der Waals surface area contributed by atoms with Gasteiger partial charge < -0.3 is 15.2 Å². The molecule has 3 rings (SSSR count). The van der Waals surface area contributed by atoms with Crippen molar-refractivity contribution in [2.75, 3.05) is 7.05 Å². The summed E-state index contributed by atoms with van der Waals surface area (Å²) in [5.74, 6) is -0.661. The van der Waals surface area contributed by atoms with Gasteiger partial charge in [0.2, 0.25) is 11.8 Å². The number of hydrogen-bond acceptors (Lipinski definition) is 2. The normalized spacial score (nSPS) is 12.6. The summed E-state index contributed by atoms with van der Waals surface area (Å²) in [4.78, 5) is 29.2. The maximum Gasteiger partial charge on any atom is 0.416 e. The van der Waals surface area contributed by atoms with Crippen LogP contribution in [-0.4, -0.2) is 34.8 Å². The second-order valence-electron chi connectivity index (χ2n) is 7.21. The monoisotopic (exact) mass is 417 g/mol. The van der Waals surface area contributed by atoms with Crippen LogP contribution >= 0.6 is 0 Å². The molecule has 30 heavy (non-hydrogen) atoms. The third-order valence-electron chi connectivity index (χ3n) is 4.85. The molecule has 0 saturated heterocycles. The fourth-order valence-corrected chi connectivity index (χ4v) is 3.38. The van der Waals surface area contributed by atoms with E-state index in [1.54, 1.807) is 7.05 Å². The van der Waals surface area contributed by atoms with E-state index in [-0.39, 0.29) is 18.4 Å². The Balaban J connectivity index is 1.75. The molecule has 1 aromatic heterocycles. The third kappa shape index (κ3) is 5.00. The maximum absolute atomic E-state index is 13.0. The molecule has 0 saturated carbocycles. The number of H-pyrrole nitrogens is 1. The lowest BCUT2D eigenvalue weighted by atomic mass is 10.0. The average Bonchev–Trinajstić information content (AvgIpc) is 3.09. The van der Waals surface area contributed by atoms with Crippen LogP contribution in [0.25, 0.3) is 10.9 Å². The zero-order valence-corrected chi connectivity index (χ0v) is 16.6. The van der Waals surface area contributed by atoms with Gasteiger partial charge in [-0.3, -0.25) is 9.59 Å². The Morgan fingerprint density at radius 1 is 1.10 bits per heavy atom. The van der Waals surface area contributed by atoms with Crippen molar-refractivity contribution in [2.45, 2.75) is 32.1 Å². The minimum absolute atomic E-state index is 0.126. The van der Waals surface area contributed by atoms with Gasteiger partial charge in [-0.15, -0.1) is 0 Å². The molecule has 0 bridgehead atoms. The highest BCUT2D eigenvalue weighted by Crippen LogP contribution is 2.29. The highest BCUT2D eigenvalue weighted by Gasteiger charge is 2.30. The number of para-hydroxylation sites is 1. The number of benzene rings is 2. The van der Waals surface area contributed by atoms with E-state index in [9.17, 15) is 22.8 Å². The summed E-state index contributed by atoms with van der Waals surface area (Å²) in [6.45, 7) is 1.46. The molecular weight excluding hydrogens is 395 g/mol. The number of amides is 2. The number of carbonyl (C=O) groups excluding carboxylic acids is 2. The molecule has 1 heterocycles. The number of aromatic amines is 1. The van der Waals surface area contributed by atoms with E-state index < -0.39 is 17.8 Å². The number of carbonyl (C=O) groups is 2. The lowest BCUT2D eigenvalue weighted by Gasteiger charge is -2.24. The molecule has 0 fully saturated rings. The fourth-order valence-electron chi connectivity index (χ4n) is 3.38. The molecule has 0 radical (unpaired) electrons. The number of nitrogens with zero attached hydrogens (tertiary/aromatic N) is 1. The predicted octanol–water partition coefficient (Wildman–Crippen LogP) is 3.89. The first-order valence-electron chi connectivity index (χ1n) is 9.38.